The zero-order valence-corrected chi connectivity index (χ0v) is 10.5. The highest BCUT2D eigenvalue weighted by Crippen LogP contribution is 2.27. The number of aliphatic hydroxyl groups is 1. The van der Waals surface area contributed by atoms with Crippen molar-refractivity contribution in [1.82, 2.24) is 0 Å². The van der Waals surface area contributed by atoms with Crippen molar-refractivity contribution in [2.24, 2.45) is 0 Å². The van der Waals surface area contributed by atoms with E-state index < -0.39 is 0 Å². The Morgan fingerprint density at radius 2 is 2.12 bits per heavy atom. The van der Waals surface area contributed by atoms with Crippen LogP contribution in [-0.4, -0.2) is 36.1 Å². The largest absolute Gasteiger partial charge is 0.489 e. The van der Waals surface area contributed by atoms with Gasteiger partial charge in [0, 0.05) is 11.1 Å². The predicted octanol–water partition coefficient (Wildman–Crippen LogP) is 1.70. The molecule has 16 heavy (non-hydrogen) atoms. The monoisotopic (exact) mass is 237 g/mol. The fourth-order valence-electron chi connectivity index (χ4n) is 1.75. The van der Waals surface area contributed by atoms with E-state index in [2.05, 4.69) is 18.6 Å². The molecule has 0 aromatic heterocycles. The summed E-state index contributed by atoms with van der Waals surface area (Å²) in [7, 11) is 0.248. The van der Waals surface area contributed by atoms with Gasteiger partial charge in [-0.25, -0.2) is 0 Å². The Morgan fingerprint density at radius 1 is 1.38 bits per heavy atom. The lowest BCUT2D eigenvalue weighted by Crippen LogP contribution is -2.26. The first kappa shape index (κ1) is 11.6. The fraction of sp³-hybridized carbons (Fsp3) is 0.385. The first-order valence-electron chi connectivity index (χ1n) is 5.31. The standard InChI is InChI=1S/C13H17O2S/c1-16(2)9-12(14)11-7-10-5-3-4-6-13(10)15-8-11/h3-7,12,14H,8-9H2,1-2H3/q+1. The molecule has 3 heteroatoms. The highest BCUT2D eigenvalue weighted by molar-refractivity contribution is 7.95. The summed E-state index contributed by atoms with van der Waals surface area (Å²) < 4.78 is 5.61. The van der Waals surface area contributed by atoms with Crippen molar-refractivity contribution in [1.29, 1.82) is 0 Å². The van der Waals surface area contributed by atoms with Crippen LogP contribution in [0.15, 0.2) is 29.8 Å². The van der Waals surface area contributed by atoms with Crippen molar-refractivity contribution in [3.8, 4) is 5.75 Å². The second kappa shape index (κ2) is 4.93. The zero-order valence-electron chi connectivity index (χ0n) is 9.64. The zero-order chi connectivity index (χ0) is 11.5. The topological polar surface area (TPSA) is 29.5 Å². The first-order valence-corrected chi connectivity index (χ1v) is 7.52. The molecule has 1 atom stereocenters. The number of fused-ring (bicyclic) bond motifs is 1. The van der Waals surface area contributed by atoms with Gasteiger partial charge in [-0.1, -0.05) is 18.2 Å². The summed E-state index contributed by atoms with van der Waals surface area (Å²) in [5, 5.41) is 10.0. The second-order valence-corrected chi connectivity index (χ2v) is 6.52. The van der Waals surface area contributed by atoms with Crippen molar-refractivity contribution < 1.29 is 9.84 Å². The lowest BCUT2D eigenvalue weighted by Gasteiger charge is -2.20. The van der Waals surface area contributed by atoms with Gasteiger partial charge in [0.1, 0.15) is 24.2 Å². The number of ether oxygens (including phenoxy) is 1. The maximum absolute atomic E-state index is 10.0. The van der Waals surface area contributed by atoms with Crippen molar-refractivity contribution >= 4 is 17.0 Å². The lowest BCUT2D eigenvalue weighted by atomic mass is 10.0. The number of benzene rings is 1. The van der Waals surface area contributed by atoms with E-state index in [1.54, 1.807) is 0 Å². The number of hydrogen-bond donors (Lipinski definition) is 1. The molecule has 0 amide bonds. The van der Waals surface area contributed by atoms with Crippen molar-refractivity contribution in [3.63, 3.8) is 0 Å². The van der Waals surface area contributed by atoms with Gasteiger partial charge in [-0.05, 0) is 23.0 Å². The molecule has 0 radical (unpaired) electrons. The van der Waals surface area contributed by atoms with E-state index in [1.165, 1.54) is 0 Å². The number of rotatable bonds is 3. The Balaban J connectivity index is 2.17. The molecular formula is C13H17O2S+. The second-order valence-electron chi connectivity index (χ2n) is 4.21. The number of aliphatic hydroxyl groups excluding tert-OH is 1. The summed E-state index contributed by atoms with van der Waals surface area (Å²) in [4.78, 5) is 0. The molecule has 2 nitrogen and oxygen atoms in total. The van der Waals surface area contributed by atoms with Crippen LogP contribution in [0.2, 0.25) is 0 Å². The van der Waals surface area contributed by atoms with Gasteiger partial charge in [0.05, 0.1) is 12.5 Å². The molecule has 1 aliphatic heterocycles. The SMILES string of the molecule is C[S+](C)CC(O)C1=Cc2ccccc2OC1. The molecule has 86 valence electrons. The Labute approximate surface area is 99.3 Å². The van der Waals surface area contributed by atoms with E-state index in [1.807, 2.05) is 24.3 Å². The summed E-state index contributed by atoms with van der Waals surface area (Å²) in [5.74, 6) is 1.72. The van der Waals surface area contributed by atoms with E-state index in [4.69, 9.17) is 4.74 Å². The highest BCUT2D eigenvalue weighted by atomic mass is 32.2. The van der Waals surface area contributed by atoms with E-state index in [9.17, 15) is 5.11 Å². The molecule has 1 aromatic rings. The molecule has 1 unspecified atom stereocenters. The van der Waals surface area contributed by atoms with Gasteiger partial charge in [0.2, 0.25) is 0 Å². The van der Waals surface area contributed by atoms with Crippen LogP contribution < -0.4 is 4.74 Å². The first-order chi connectivity index (χ1) is 7.66. The van der Waals surface area contributed by atoms with Crippen molar-refractivity contribution in [2.75, 3.05) is 24.9 Å². The molecule has 1 aliphatic rings. The lowest BCUT2D eigenvalue weighted by molar-refractivity contribution is 0.212. The minimum atomic E-state index is -0.369. The molecule has 1 heterocycles. The van der Waals surface area contributed by atoms with Gasteiger partial charge < -0.3 is 9.84 Å². The van der Waals surface area contributed by atoms with Gasteiger partial charge in [0.25, 0.3) is 0 Å². The molecule has 0 aliphatic carbocycles. The van der Waals surface area contributed by atoms with Crippen LogP contribution in [0, 0.1) is 0 Å². The van der Waals surface area contributed by atoms with E-state index in [-0.39, 0.29) is 17.0 Å². The van der Waals surface area contributed by atoms with Gasteiger partial charge >= 0.3 is 0 Å². The van der Waals surface area contributed by atoms with Crippen LogP contribution in [0.4, 0.5) is 0 Å². The Kier molecular flexibility index (Phi) is 3.56. The third kappa shape index (κ3) is 2.60. The smallest absolute Gasteiger partial charge is 0.137 e. The van der Waals surface area contributed by atoms with Gasteiger partial charge in [-0.3, -0.25) is 0 Å². The van der Waals surface area contributed by atoms with E-state index in [0.29, 0.717) is 6.61 Å². The fourth-order valence-corrected chi connectivity index (χ4v) is 2.59. The molecule has 2 rings (SSSR count). The Bertz CT molecular complexity index is 399. The summed E-state index contributed by atoms with van der Waals surface area (Å²) in [5.41, 5.74) is 2.05. The van der Waals surface area contributed by atoms with Crippen molar-refractivity contribution in [3.05, 3.63) is 35.4 Å². The maximum Gasteiger partial charge on any atom is 0.137 e. The quantitative estimate of drug-likeness (QED) is 0.811. The molecule has 1 aromatic carbocycles. The minimum absolute atomic E-state index is 0.248. The van der Waals surface area contributed by atoms with Crippen LogP contribution >= 0.6 is 0 Å². The molecule has 0 saturated heterocycles. The Morgan fingerprint density at radius 3 is 2.88 bits per heavy atom. The minimum Gasteiger partial charge on any atom is -0.489 e. The van der Waals surface area contributed by atoms with E-state index in [0.717, 1.165) is 22.6 Å². The van der Waals surface area contributed by atoms with Crippen LogP contribution in [0.1, 0.15) is 5.56 Å². The van der Waals surface area contributed by atoms with E-state index >= 15 is 0 Å². The highest BCUT2D eigenvalue weighted by Gasteiger charge is 2.21. The average molecular weight is 237 g/mol. The summed E-state index contributed by atoms with van der Waals surface area (Å²) in [6, 6.07) is 7.92. The average Bonchev–Trinajstić information content (AvgIpc) is 2.27. The molecule has 0 fully saturated rings. The van der Waals surface area contributed by atoms with Crippen LogP contribution in [-0.2, 0) is 10.9 Å². The normalized spacial score (nSPS) is 16.4. The molecule has 0 bridgehead atoms. The summed E-state index contributed by atoms with van der Waals surface area (Å²) in [6.45, 7) is 0.509. The molecule has 0 spiro atoms. The van der Waals surface area contributed by atoms with Crippen molar-refractivity contribution in [2.45, 2.75) is 6.10 Å². The van der Waals surface area contributed by atoms with Crippen LogP contribution in [0.3, 0.4) is 0 Å². The Hall–Kier alpha value is -0.930. The molecule has 0 saturated carbocycles. The summed E-state index contributed by atoms with van der Waals surface area (Å²) >= 11 is 0. The van der Waals surface area contributed by atoms with Crippen LogP contribution in [0.5, 0.6) is 5.75 Å². The van der Waals surface area contributed by atoms with Crippen LogP contribution in [0.25, 0.3) is 6.08 Å². The van der Waals surface area contributed by atoms with Gasteiger partial charge in [-0.15, -0.1) is 0 Å². The number of para-hydroxylation sites is 1. The van der Waals surface area contributed by atoms with Gasteiger partial charge in [-0.2, -0.15) is 0 Å². The van der Waals surface area contributed by atoms with Gasteiger partial charge in [0.15, 0.2) is 0 Å². The summed E-state index contributed by atoms with van der Waals surface area (Å²) in [6.07, 6.45) is 5.96. The number of hydrogen-bond acceptors (Lipinski definition) is 2. The third-order valence-corrected chi connectivity index (χ3v) is 3.56. The molecule has 1 N–H and O–H groups in total. The predicted molar refractivity (Wildman–Crippen MR) is 70.0 cm³/mol. The maximum atomic E-state index is 10.0. The third-order valence-electron chi connectivity index (χ3n) is 2.57. The molecular weight excluding hydrogens is 220 g/mol.